The van der Waals surface area contributed by atoms with E-state index in [0.717, 1.165) is 0 Å². The van der Waals surface area contributed by atoms with Gasteiger partial charge in [-0.1, -0.05) is 15.9 Å². The third kappa shape index (κ3) is 3.25. The van der Waals surface area contributed by atoms with Crippen molar-refractivity contribution in [3.63, 3.8) is 0 Å². The van der Waals surface area contributed by atoms with E-state index >= 15 is 0 Å². The van der Waals surface area contributed by atoms with Crippen LogP contribution in [0.25, 0.3) is 0 Å². The van der Waals surface area contributed by atoms with Gasteiger partial charge in [0.25, 0.3) is 0 Å². The van der Waals surface area contributed by atoms with Crippen molar-refractivity contribution in [2.75, 3.05) is 27.9 Å². The summed E-state index contributed by atoms with van der Waals surface area (Å²) >= 11 is 3.26. The summed E-state index contributed by atoms with van der Waals surface area (Å²) < 4.78 is 13.8. The van der Waals surface area contributed by atoms with E-state index in [9.17, 15) is 4.79 Å². The zero-order chi connectivity index (χ0) is 10.5. The third-order valence-corrected chi connectivity index (χ3v) is 2.63. The SMILES string of the molecule is COC[C@@H](OC)[C@](C)(Br)C(=O)OC. The van der Waals surface area contributed by atoms with E-state index in [1.165, 1.54) is 14.2 Å². The Morgan fingerprint density at radius 2 is 2.00 bits per heavy atom. The van der Waals surface area contributed by atoms with Crippen LogP contribution >= 0.6 is 15.9 Å². The molecule has 0 heterocycles. The molecule has 2 atom stereocenters. The predicted molar refractivity (Wildman–Crippen MR) is 52.0 cm³/mol. The lowest BCUT2D eigenvalue weighted by atomic mass is 10.1. The highest BCUT2D eigenvalue weighted by Gasteiger charge is 2.40. The molecule has 5 heteroatoms. The zero-order valence-electron chi connectivity index (χ0n) is 8.30. The van der Waals surface area contributed by atoms with Gasteiger partial charge in [-0.3, -0.25) is 4.79 Å². The zero-order valence-corrected chi connectivity index (χ0v) is 9.88. The van der Waals surface area contributed by atoms with Gasteiger partial charge in [0, 0.05) is 14.2 Å². The topological polar surface area (TPSA) is 44.8 Å². The molecule has 0 saturated carbocycles. The van der Waals surface area contributed by atoms with Crippen molar-refractivity contribution in [2.45, 2.75) is 17.4 Å². The van der Waals surface area contributed by atoms with Gasteiger partial charge in [0.05, 0.1) is 13.7 Å². The Morgan fingerprint density at radius 3 is 2.31 bits per heavy atom. The highest BCUT2D eigenvalue weighted by Crippen LogP contribution is 2.25. The van der Waals surface area contributed by atoms with Crippen LogP contribution in [-0.2, 0) is 19.0 Å². The Hall–Kier alpha value is -0.130. The first kappa shape index (κ1) is 12.9. The summed E-state index contributed by atoms with van der Waals surface area (Å²) in [5.41, 5.74) is 0. The normalized spacial score (nSPS) is 17.6. The average Bonchev–Trinajstić information content (AvgIpc) is 2.12. The fourth-order valence-electron chi connectivity index (χ4n) is 0.928. The van der Waals surface area contributed by atoms with Gasteiger partial charge >= 0.3 is 5.97 Å². The number of methoxy groups -OCH3 is 3. The van der Waals surface area contributed by atoms with Crippen molar-refractivity contribution in [1.82, 2.24) is 0 Å². The van der Waals surface area contributed by atoms with Gasteiger partial charge in [-0.2, -0.15) is 0 Å². The number of hydrogen-bond acceptors (Lipinski definition) is 4. The fraction of sp³-hybridized carbons (Fsp3) is 0.875. The Balaban J connectivity index is 4.45. The Morgan fingerprint density at radius 1 is 1.46 bits per heavy atom. The van der Waals surface area contributed by atoms with Crippen molar-refractivity contribution in [3.05, 3.63) is 0 Å². The number of halogens is 1. The first-order valence-corrected chi connectivity index (χ1v) is 4.59. The maximum Gasteiger partial charge on any atom is 0.325 e. The molecule has 0 aromatic rings. The molecule has 0 spiro atoms. The number of rotatable bonds is 5. The second-order valence-corrected chi connectivity index (χ2v) is 4.39. The summed E-state index contributed by atoms with van der Waals surface area (Å²) in [4.78, 5) is 11.3. The van der Waals surface area contributed by atoms with Gasteiger partial charge in [-0.25, -0.2) is 0 Å². The van der Waals surface area contributed by atoms with Crippen molar-refractivity contribution < 1.29 is 19.0 Å². The summed E-state index contributed by atoms with van der Waals surface area (Å²) in [6.07, 6.45) is -0.370. The molecule has 0 aliphatic heterocycles. The van der Waals surface area contributed by atoms with Gasteiger partial charge in [0.15, 0.2) is 0 Å². The molecule has 0 aromatic carbocycles. The maximum atomic E-state index is 11.3. The minimum atomic E-state index is -0.869. The second kappa shape index (κ2) is 5.57. The largest absolute Gasteiger partial charge is 0.468 e. The van der Waals surface area contributed by atoms with E-state index in [1.54, 1.807) is 14.0 Å². The van der Waals surface area contributed by atoms with E-state index in [1.807, 2.05) is 0 Å². The highest BCUT2D eigenvalue weighted by atomic mass is 79.9. The lowest BCUT2D eigenvalue weighted by molar-refractivity contribution is -0.147. The smallest absolute Gasteiger partial charge is 0.325 e. The molecule has 0 aliphatic carbocycles. The van der Waals surface area contributed by atoms with Crippen molar-refractivity contribution in [3.8, 4) is 0 Å². The van der Waals surface area contributed by atoms with Crippen LogP contribution in [0.4, 0.5) is 0 Å². The van der Waals surface area contributed by atoms with Crippen molar-refractivity contribution >= 4 is 21.9 Å². The highest BCUT2D eigenvalue weighted by molar-refractivity contribution is 9.10. The predicted octanol–water partition coefficient (Wildman–Crippen LogP) is 0.974. The number of carbonyl (C=O) groups excluding carboxylic acids is 1. The fourth-order valence-corrected chi connectivity index (χ4v) is 1.41. The maximum absolute atomic E-state index is 11.3. The Labute approximate surface area is 86.7 Å². The summed E-state index contributed by atoms with van der Waals surface area (Å²) in [5, 5.41) is 0. The molecule has 0 fully saturated rings. The van der Waals surface area contributed by atoms with E-state index in [-0.39, 0.29) is 12.1 Å². The summed E-state index contributed by atoms with van der Waals surface area (Å²) in [5.74, 6) is -0.378. The van der Waals surface area contributed by atoms with Gasteiger partial charge in [-0.15, -0.1) is 0 Å². The van der Waals surface area contributed by atoms with Crippen LogP contribution in [0.2, 0.25) is 0 Å². The molecule has 0 aromatic heterocycles. The molecule has 0 rings (SSSR count). The Bertz CT molecular complexity index is 170. The van der Waals surface area contributed by atoms with Crippen molar-refractivity contribution in [2.24, 2.45) is 0 Å². The van der Waals surface area contributed by atoms with Crippen molar-refractivity contribution in [1.29, 1.82) is 0 Å². The lowest BCUT2D eigenvalue weighted by Gasteiger charge is -2.27. The number of hydrogen-bond donors (Lipinski definition) is 0. The van der Waals surface area contributed by atoms with Crippen LogP contribution in [0, 0.1) is 0 Å². The molecule has 0 unspecified atom stereocenters. The molecule has 0 aliphatic rings. The minimum absolute atomic E-state index is 0.327. The molecule has 0 radical (unpaired) electrons. The first-order valence-electron chi connectivity index (χ1n) is 3.79. The molecule has 0 saturated heterocycles. The van der Waals surface area contributed by atoms with Gasteiger partial charge < -0.3 is 14.2 Å². The molecule has 0 amide bonds. The van der Waals surface area contributed by atoms with E-state index in [2.05, 4.69) is 20.7 Å². The van der Waals surface area contributed by atoms with Gasteiger partial charge in [0.2, 0.25) is 0 Å². The number of ether oxygens (including phenoxy) is 3. The monoisotopic (exact) mass is 254 g/mol. The van der Waals surface area contributed by atoms with Crippen LogP contribution in [0.15, 0.2) is 0 Å². The van der Waals surface area contributed by atoms with Crippen LogP contribution in [-0.4, -0.2) is 44.3 Å². The molecular weight excluding hydrogens is 240 g/mol. The van der Waals surface area contributed by atoms with Crippen LogP contribution < -0.4 is 0 Å². The third-order valence-electron chi connectivity index (χ3n) is 1.79. The number of alkyl halides is 1. The summed E-state index contributed by atoms with van der Waals surface area (Å²) in [6.45, 7) is 2.01. The number of carbonyl (C=O) groups is 1. The summed E-state index contributed by atoms with van der Waals surface area (Å²) in [7, 11) is 4.40. The molecule has 4 nitrogen and oxygen atoms in total. The standard InChI is InChI=1S/C8H15BrO4/c1-8(9,7(10)13-4)6(12-3)5-11-2/h6H,5H2,1-4H3/t6-,8+/m1/s1. The summed E-state index contributed by atoms with van der Waals surface area (Å²) in [6, 6.07) is 0. The second-order valence-electron chi connectivity index (χ2n) is 2.75. The first-order chi connectivity index (χ1) is 6.00. The molecule has 78 valence electrons. The van der Waals surface area contributed by atoms with E-state index < -0.39 is 4.32 Å². The van der Waals surface area contributed by atoms with Crippen LogP contribution in [0.1, 0.15) is 6.92 Å². The Kier molecular flexibility index (Phi) is 5.51. The number of esters is 1. The van der Waals surface area contributed by atoms with Gasteiger partial charge in [-0.05, 0) is 6.92 Å². The van der Waals surface area contributed by atoms with Crippen LogP contribution in [0.3, 0.4) is 0 Å². The molecule has 13 heavy (non-hydrogen) atoms. The van der Waals surface area contributed by atoms with Gasteiger partial charge in [0.1, 0.15) is 10.4 Å². The quantitative estimate of drug-likeness (QED) is 0.542. The molecule has 0 N–H and O–H groups in total. The average molecular weight is 255 g/mol. The molecular formula is C8H15BrO4. The van der Waals surface area contributed by atoms with E-state index in [0.29, 0.717) is 6.61 Å². The van der Waals surface area contributed by atoms with Crippen LogP contribution in [0.5, 0.6) is 0 Å². The van der Waals surface area contributed by atoms with E-state index in [4.69, 9.17) is 9.47 Å². The molecule has 0 bridgehead atoms. The lowest BCUT2D eigenvalue weighted by Crippen LogP contribution is -2.45. The minimum Gasteiger partial charge on any atom is -0.468 e.